The zero-order valence-electron chi connectivity index (χ0n) is 34.0. The number of aliphatic hydroxyl groups is 1. The summed E-state index contributed by atoms with van der Waals surface area (Å²) in [5, 5.41) is 20.9. The predicted octanol–water partition coefficient (Wildman–Crippen LogP) is 6.88. The zero-order valence-corrected chi connectivity index (χ0v) is 34.0. The van der Waals surface area contributed by atoms with Crippen molar-refractivity contribution >= 4 is 28.9 Å². The number of carbonyl (C=O) groups is 3. The topological polar surface area (TPSA) is 149 Å². The van der Waals surface area contributed by atoms with Gasteiger partial charge in [0.15, 0.2) is 0 Å². The number of nitrogens with zero attached hydrogens (tertiary/aromatic N) is 4. The van der Waals surface area contributed by atoms with Gasteiger partial charge in [-0.2, -0.15) is 0 Å². The van der Waals surface area contributed by atoms with Crippen molar-refractivity contribution in [3.63, 3.8) is 0 Å². The van der Waals surface area contributed by atoms with Crippen LogP contribution in [0.4, 0.5) is 9.59 Å². The van der Waals surface area contributed by atoms with Crippen LogP contribution < -0.4 is 16.1 Å². The zero-order chi connectivity index (χ0) is 41.2. The molecule has 2 unspecified atom stereocenters. The van der Waals surface area contributed by atoms with Crippen molar-refractivity contribution in [2.45, 2.75) is 84.3 Å². The number of pyridine rings is 2. The van der Waals surface area contributed by atoms with E-state index in [0.717, 1.165) is 38.9 Å². The second-order valence-electron chi connectivity index (χ2n) is 16.1. The number of carbonyl (C=O) groups excluding carboxylic acids is 3. The maximum Gasteiger partial charge on any atom is 0.422 e. The maximum absolute atomic E-state index is 14.7. The van der Waals surface area contributed by atoms with Crippen LogP contribution in [0.1, 0.15) is 57.7 Å². The minimum absolute atomic E-state index is 0.0300. The summed E-state index contributed by atoms with van der Waals surface area (Å²) in [6.45, 7) is 10.3. The number of ether oxygens (including phenoxy) is 1. The van der Waals surface area contributed by atoms with Crippen LogP contribution in [-0.2, 0) is 29.0 Å². The lowest BCUT2D eigenvalue weighted by atomic mass is 9.83. The van der Waals surface area contributed by atoms with Crippen LogP contribution in [-0.4, -0.2) is 79.9 Å². The van der Waals surface area contributed by atoms with Crippen LogP contribution in [0.25, 0.3) is 22.2 Å². The molecule has 58 heavy (non-hydrogen) atoms. The summed E-state index contributed by atoms with van der Waals surface area (Å²) in [6.07, 6.45) is 2.73. The van der Waals surface area contributed by atoms with E-state index in [1.165, 1.54) is 0 Å². The number of hydrogen-bond donors (Lipinski definition) is 4. The SMILES string of the molecule is CCC(C)[C@H](C(=O)N[C@@H](Cc1ccccc1)[C@@H](O)CN(Cc1ccc(-c2ccccn2)cc1)NC(=O)OC(C)(C)C)C1CNC(=O)N1Cc1ccnc2ccccc12. The van der Waals surface area contributed by atoms with Gasteiger partial charge in [-0.1, -0.05) is 99.1 Å². The number of nitrogens with one attached hydrogen (secondary N) is 3. The summed E-state index contributed by atoms with van der Waals surface area (Å²) in [7, 11) is 0. The monoisotopic (exact) mass is 785 g/mol. The molecule has 304 valence electrons. The molecule has 1 saturated heterocycles. The van der Waals surface area contributed by atoms with E-state index in [0.29, 0.717) is 25.9 Å². The first-order chi connectivity index (χ1) is 27.9. The van der Waals surface area contributed by atoms with Crippen molar-refractivity contribution in [3.8, 4) is 11.3 Å². The maximum atomic E-state index is 14.7. The van der Waals surface area contributed by atoms with Gasteiger partial charge in [-0.25, -0.2) is 14.6 Å². The van der Waals surface area contributed by atoms with Gasteiger partial charge in [0.2, 0.25) is 5.91 Å². The first kappa shape index (κ1) is 41.8. The molecule has 4 amide bonds. The van der Waals surface area contributed by atoms with Crippen molar-refractivity contribution in [1.29, 1.82) is 0 Å². The number of aromatic nitrogens is 2. The van der Waals surface area contributed by atoms with Crippen LogP contribution in [0.2, 0.25) is 0 Å². The molecule has 0 aliphatic carbocycles. The van der Waals surface area contributed by atoms with Gasteiger partial charge in [-0.3, -0.25) is 20.2 Å². The van der Waals surface area contributed by atoms with Gasteiger partial charge in [0.1, 0.15) is 5.60 Å². The molecular weight excluding hydrogens is 731 g/mol. The van der Waals surface area contributed by atoms with E-state index in [2.05, 4.69) is 26.0 Å². The standard InChI is InChI=1S/C46H55N7O5/c1-6-31(2)42(40-27-49-44(56)53(40)29-35-23-25-48-38-18-11-10-16-36(35)38)43(55)50-39(26-32-14-8-7-9-15-32)41(54)30-52(51-45(57)58-46(3,4)5)28-33-19-21-34(22-20-33)37-17-12-13-24-47-37/h7-25,31,39-42,54H,6,26-30H2,1-5H3,(H,49,56)(H,50,55)(H,51,57)/t31?,39-,40?,41-,42-/m0/s1. The molecule has 1 aliphatic heterocycles. The predicted molar refractivity (Wildman–Crippen MR) is 225 cm³/mol. The Kier molecular flexibility index (Phi) is 13.7. The largest absolute Gasteiger partial charge is 0.443 e. The summed E-state index contributed by atoms with van der Waals surface area (Å²) in [4.78, 5) is 52.0. The van der Waals surface area contributed by atoms with Crippen molar-refractivity contribution in [3.05, 3.63) is 132 Å². The lowest BCUT2D eigenvalue weighted by Gasteiger charge is -2.36. The number of hydrogen-bond acceptors (Lipinski definition) is 8. The molecule has 6 rings (SSSR count). The number of amides is 4. The third kappa shape index (κ3) is 11.0. The molecule has 0 radical (unpaired) electrons. The highest BCUT2D eigenvalue weighted by Gasteiger charge is 2.43. The van der Waals surface area contributed by atoms with Crippen LogP contribution in [0.5, 0.6) is 0 Å². The number of urea groups is 1. The summed E-state index contributed by atoms with van der Waals surface area (Å²) in [5.41, 5.74) is 7.47. The third-order valence-corrected chi connectivity index (χ3v) is 10.6. The number of aliphatic hydroxyl groups excluding tert-OH is 1. The highest BCUT2D eigenvalue weighted by atomic mass is 16.6. The molecule has 1 fully saturated rings. The van der Waals surface area contributed by atoms with Crippen LogP contribution >= 0.6 is 0 Å². The van der Waals surface area contributed by atoms with Gasteiger partial charge < -0.3 is 25.4 Å². The van der Waals surface area contributed by atoms with Gasteiger partial charge in [0.25, 0.3) is 0 Å². The quantitative estimate of drug-likeness (QED) is 0.0792. The fourth-order valence-corrected chi connectivity index (χ4v) is 7.50. The van der Waals surface area contributed by atoms with Gasteiger partial charge in [0, 0.05) is 49.5 Å². The molecule has 2 aromatic heterocycles. The molecule has 3 heterocycles. The van der Waals surface area contributed by atoms with E-state index in [9.17, 15) is 19.5 Å². The Bertz CT molecular complexity index is 2120. The summed E-state index contributed by atoms with van der Waals surface area (Å²) in [5.74, 6) is -0.934. The van der Waals surface area contributed by atoms with E-state index < -0.39 is 35.8 Å². The fraction of sp³-hybridized carbons (Fsp3) is 0.370. The van der Waals surface area contributed by atoms with Crippen LogP contribution in [0, 0.1) is 11.8 Å². The summed E-state index contributed by atoms with van der Waals surface area (Å²) in [6, 6.07) is 31.6. The minimum Gasteiger partial charge on any atom is -0.443 e. The summed E-state index contributed by atoms with van der Waals surface area (Å²) < 4.78 is 5.60. The Hall–Kier alpha value is -5.85. The lowest BCUT2D eigenvalue weighted by Crippen LogP contribution is -2.56. The Balaban J connectivity index is 1.25. The van der Waals surface area contributed by atoms with Gasteiger partial charge >= 0.3 is 12.1 Å². The minimum atomic E-state index is -1.13. The Labute approximate surface area is 341 Å². The number of rotatable bonds is 16. The van der Waals surface area contributed by atoms with Gasteiger partial charge in [-0.05, 0) is 74.1 Å². The molecule has 1 aliphatic rings. The van der Waals surface area contributed by atoms with Crippen molar-refractivity contribution in [2.75, 3.05) is 13.1 Å². The molecule has 0 bridgehead atoms. The van der Waals surface area contributed by atoms with Crippen molar-refractivity contribution in [1.82, 2.24) is 35.9 Å². The molecule has 4 N–H and O–H groups in total. The molecular formula is C46H55N7O5. The Morgan fingerprint density at radius 2 is 1.66 bits per heavy atom. The highest BCUT2D eigenvalue weighted by Crippen LogP contribution is 2.29. The number of para-hydroxylation sites is 1. The highest BCUT2D eigenvalue weighted by molar-refractivity contribution is 5.85. The molecule has 5 atom stereocenters. The van der Waals surface area contributed by atoms with Gasteiger partial charge in [0.05, 0.1) is 35.3 Å². The average Bonchev–Trinajstić information content (AvgIpc) is 3.56. The fourth-order valence-electron chi connectivity index (χ4n) is 7.50. The van der Waals surface area contributed by atoms with E-state index in [4.69, 9.17) is 4.74 Å². The first-order valence-electron chi connectivity index (χ1n) is 20.0. The number of hydrazine groups is 1. The second-order valence-corrected chi connectivity index (χ2v) is 16.1. The van der Waals surface area contributed by atoms with Crippen molar-refractivity contribution < 1.29 is 24.2 Å². The normalized spacial score (nSPS) is 16.4. The smallest absolute Gasteiger partial charge is 0.422 e. The van der Waals surface area contributed by atoms with Gasteiger partial charge in [-0.15, -0.1) is 0 Å². The molecule has 12 nitrogen and oxygen atoms in total. The summed E-state index contributed by atoms with van der Waals surface area (Å²) >= 11 is 0. The van der Waals surface area contributed by atoms with E-state index >= 15 is 0 Å². The lowest BCUT2D eigenvalue weighted by molar-refractivity contribution is -0.130. The molecule has 12 heteroatoms. The molecule has 0 spiro atoms. The average molecular weight is 786 g/mol. The molecule has 0 saturated carbocycles. The van der Waals surface area contributed by atoms with E-state index in [1.54, 1.807) is 43.1 Å². The van der Waals surface area contributed by atoms with E-state index in [-0.39, 0.29) is 30.9 Å². The Morgan fingerprint density at radius 1 is 0.931 bits per heavy atom. The van der Waals surface area contributed by atoms with E-state index in [1.807, 2.05) is 117 Å². The van der Waals surface area contributed by atoms with Crippen LogP contribution in [0.3, 0.4) is 0 Å². The molecule has 5 aromatic rings. The molecule has 3 aromatic carbocycles. The number of fused-ring (bicyclic) bond motifs is 1. The Morgan fingerprint density at radius 3 is 2.36 bits per heavy atom. The van der Waals surface area contributed by atoms with Crippen LogP contribution in [0.15, 0.2) is 116 Å². The number of benzene rings is 3. The first-order valence-corrected chi connectivity index (χ1v) is 20.0. The third-order valence-electron chi connectivity index (χ3n) is 10.6. The second kappa shape index (κ2) is 19.1. The van der Waals surface area contributed by atoms with Crippen molar-refractivity contribution in [2.24, 2.45) is 11.8 Å².